The Balaban J connectivity index is 2.00. The molecular formula is C23H22F2N4O. The molecule has 3 rings (SSSR count). The average molecular weight is 408 g/mol. The fourth-order valence-electron chi connectivity index (χ4n) is 2.88. The minimum atomic E-state index is -0.658. The van der Waals surface area contributed by atoms with Gasteiger partial charge in [-0.1, -0.05) is 12.7 Å². The molecule has 30 heavy (non-hydrogen) atoms. The topological polar surface area (TPSA) is 59.4 Å². The molecule has 2 aromatic carbocycles. The number of benzene rings is 2. The van der Waals surface area contributed by atoms with E-state index in [1.54, 1.807) is 19.2 Å². The number of hydrogen-bond acceptors (Lipinski definition) is 5. The quantitative estimate of drug-likeness (QED) is 0.431. The second-order valence-corrected chi connectivity index (χ2v) is 6.63. The fraction of sp³-hybridized carbons (Fsp3) is 0.174. The number of ether oxygens (including phenoxy) is 1. The molecule has 1 N–H and O–H groups in total. The maximum atomic E-state index is 14.3. The third kappa shape index (κ3) is 4.68. The molecule has 0 radical (unpaired) electrons. The van der Waals surface area contributed by atoms with Gasteiger partial charge in [0.15, 0.2) is 0 Å². The maximum Gasteiger partial charge on any atom is 0.145 e. The summed E-state index contributed by atoms with van der Waals surface area (Å²) >= 11 is 0. The molecule has 0 unspecified atom stereocenters. The van der Waals surface area contributed by atoms with Gasteiger partial charge in [-0.2, -0.15) is 0 Å². The van der Waals surface area contributed by atoms with E-state index in [1.165, 1.54) is 25.6 Å². The highest BCUT2D eigenvalue weighted by Gasteiger charge is 2.14. The van der Waals surface area contributed by atoms with Gasteiger partial charge in [0, 0.05) is 36.3 Å². The summed E-state index contributed by atoms with van der Waals surface area (Å²) in [6.45, 7) is 6.36. The van der Waals surface area contributed by atoms with Crippen LogP contribution in [-0.2, 0) is 0 Å². The van der Waals surface area contributed by atoms with Crippen molar-refractivity contribution in [1.29, 1.82) is 0 Å². The largest absolute Gasteiger partial charge is 0.494 e. The van der Waals surface area contributed by atoms with E-state index in [0.29, 0.717) is 34.6 Å². The van der Waals surface area contributed by atoms with Crippen molar-refractivity contribution in [3.05, 3.63) is 72.6 Å². The van der Waals surface area contributed by atoms with Crippen molar-refractivity contribution < 1.29 is 13.5 Å². The summed E-state index contributed by atoms with van der Waals surface area (Å²) in [5, 5.41) is 3.88. The molecule has 0 spiro atoms. The summed E-state index contributed by atoms with van der Waals surface area (Å²) in [5.74, 6) is -0.276. The van der Waals surface area contributed by atoms with Crippen molar-refractivity contribution in [3.63, 3.8) is 0 Å². The van der Waals surface area contributed by atoms with Crippen LogP contribution in [-0.4, -0.2) is 36.4 Å². The highest BCUT2D eigenvalue weighted by molar-refractivity contribution is 5.96. The third-order valence-electron chi connectivity index (χ3n) is 4.56. The number of fused-ring (bicyclic) bond motifs is 1. The molecular weight excluding hydrogens is 386 g/mol. The Morgan fingerprint density at radius 2 is 2.00 bits per heavy atom. The van der Waals surface area contributed by atoms with Gasteiger partial charge in [0.05, 0.1) is 7.11 Å². The Morgan fingerprint density at radius 1 is 1.20 bits per heavy atom. The first kappa shape index (κ1) is 21.1. The molecule has 0 atom stereocenters. The van der Waals surface area contributed by atoms with E-state index >= 15 is 0 Å². The van der Waals surface area contributed by atoms with E-state index in [-0.39, 0.29) is 5.56 Å². The van der Waals surface area contributed by atoms with Crippen LogP contribution in [0.1, 0.15) is 6.92 Å². The summed E-state index contributed by atoms with van der Waals surface area (Å²) < 4.78 is 33.1. The number of nitrogens with zero attached hydrogens (tertiary/aromatic N) is 3. The summed E-state index contributed by atoms with van der Waals surface area (Å²) in [5.41, 5.74) is 3.09. The first-order valence-electron chi connectivity index (χ1n) is 9.24. The van der Waals surface area contributed by atoms with Crippen LogP contribution in [0.2, 0.25) is 0 Å². The molecule has 0 bridgehead atoms. The first-order valence-corrected chi connectivity index (χ1v) is 9.24. The summed E-state index contributed by atoms with van der Waals surface area (Å²) in [6, 6.07) is 6.89. The van der Waals surface area contributed by atoms with E-state index in [1.807, 2.05) is 19.1 Å². The fourth-order valence-corrected chi connectivity index (χ4v) is 2.88. The van der Waals surface area contributed by atoms with Gasteiger partial charge in [-0.05, 0) is 48.4 Å². The average Bonchev–Trinajstić information content (AvgIpc) is 2.75. The Bertz CT molecular complexity index is 1160. The molecule has 0 saturated heterocycles. The number of halogens is 2. The zero-order valence-electron chi connectivity index (χ0n) is 17.0. The lowest BCUT2D eigenvalue weighted by Gasteiger charge is -2.13. The number of allylic oxidation sites excluding steroid dienone is 1. The Morgan fingerprint density at radius 3 is 2.70 bits per heavy atom. The lowest BCUT2D eigenvalue weighted by Crippen LogP contribution is -2.06. The molecule has 0 aliphatic heterocycles. The Labute approximate surface area is 173 Å². The Hall–Kier alpha value is -3.61. The van der Waals surface area contributed by atoms with Crippen molar-refractivity contribution in [2.24, 2.45) is 4.99 Å². The molecule has 154 valence electrons. The van der Waals surface area contributed by atoms with Gasteiger partial charge in [0.1, 0.15) is 35.0 Å². The molecule has 3 aromatic rings. The van der Waals surface area contributed by atoms with E-state index < -0.39 is 11.6 Å². The van der Waals surface area contributed by atoms with Crippen LogP contribution in [0.3, 0.4) is 0 Å². The lowest BCUT2D eigenvalue weighted by atomic mass is 10.0. The second kappa shape index (κ2) is 9.26. The summed E-state index contributed by atoms with van der Waals surface area (Å²) in [7, 11) is 3.24. The summed E-state index contributed by atoms with van der Waals surface area (Å²) in [4.78, 5) is 12.7. The van der Waals surface area contributed by atoms with E-state index in [9.17, 15) is 8.78 Å². The lowest BCUT2D eigenvalue weighted by molar-refractivity contribution is 0.419. The predicted octanol–water partition coefficient (Wildman–Crippen LogP) is 5.20. The van der Waals surface area contributed by atoms with Crippen LogP contribution in [0.25, 0.3) is 22.0 Å². The van der Waals surface area contributed by atoms with Crippen molar-refractivity contribution in [1.82, 2.24) is 9.97 Å². The van der Waals surface area contributed by atoms with Gasteiger partial charge in [-0.25, -0.2) is 18.7 Å². The normalized spacial score (nSPS) is 11.8. The van der Waals surface area contributed by atoms with Crippen molar-refractivity contribution in [2.45, 2.75) is 6.92 Å². The van der Waals surface area contributed by atoms with Crippen LogP contribution in [0, 0.1) is 11.6 Å². The molecule has 0 amide bonds. The van der Waals surface area contributed by atoms with Gasteiger partial charge in [0.2, 0.25) is 0 Å². The van der Waals surface area contributed by atoms with E-state index in [0.717, 1.165) is 17.4 Å². The summed E-state index contributed by atoms with van der Waals surface area (Å²) in [6.07, 6.45) is 5.18. The van der Waals surface area contributed by atoms with Crippen molar-refractivity contribution >= 4 is 22.4 Å². The highest BCUT2D eigenvalue weighted by atomic mass is 19.1. The standard InChI is InChI=1S/C23H22F2N4O/c1-14(5-6-15(2)26-3)12-27-23-19-9-16(18-8-7-17(24)11-20(18)25)10-21(30-4)22(19)28-13-29-23/h5-11,13H,1,12H2,2-4H3,(H,27,28,29)/b6-5-,26-15?. The number of anilines is 1. The number of methoxy groups -OCH3 is 1. The Kier molecular flexibility index (Phi) is 6.51. The van der Waals surface area contributed by atoms with Gasteiger partial charge in [-0.15, -0.1) is 0 Å². The zero-order chi connectivity index (χ0) is 21.7. The second-order valence-electron chi connectivity index (χ2n) is 6.63. The zero-order valence-corrected chi connectivity index (χ0v) is 17.0. The monoisotopic (exact) mass is 408 g/mol. The smallest absolute Gasteiger partial charge is 0.145 e. The third-order valence-corrected chi connectivity index (χ3v) is 4.56. The van der Waals surface area contributed by atoms with E-state index in [2.05, 4.69) is 26.9 Å². The van der Waals surface area contributed by atoms with Crippen LogP contribution >= 0.6 is 0 Å². The molecule has 0 fully saturated rings. The van der Waals surface area contributed by atoms with Crippen molar-refractivity contribution in [2.75, 3.05) is 26.0 Å². The van der Waals surface area contributed by atoms with Gasteiger partial charge < -0.3 is 10.1 Å². The molecule has 5 nitrogen and oxygen atoms in total. The van der Waals surface area contributed by atoms with Gasteiger partial charge >= 0.3 is 0 Å². The molecule has 0 saturated carbocycles. The molecule has 0 aliphatic carbocycles. The SMILES string of the molecule is C=C(/C=C\C(C)=NC)CNc1ncnc2c(OC)cc(-c3ccc(F)cc3F)cc12. The molecule has 1 heterocycles. The van der Waals surface area contributed by atoms with Crippen LogP contribution in [0.4, 0.5) is 14.6 Å². The predicted molar refractivity (Wildman–Crippen MR) is 117 cm³/mol. The van der Waals surface area contributed by atoms with Gasteiger partial charge in [0.25, 0.3) is 0 Å². The number of hydrogen-bond donors (Lipinski definition) is 1. The van der Waals surface area contributed by atoms with E-state index in [4.69, 9.17) is 4.74 Å². The van der Waals surface area contributed by atoms with Gasteiger partial charge in [-0.3, -0.25) is 4.99 Å². The molecule has 0 aliphatic rings. The van der Waals surface area contributed by atoms with Crippen LogP contribution < -0.4 is 10.1 Å². The highest BCUT2D eigenvalue weighted by Crippen LogP contribution is 2.35. The minimum Gasteiger partial charge on any atom is -0.494 e. The number of aromatic nitrogens is 2. The molecule has 1 aromatic heterocycles. The molecule has 7 heteroatoms. The minimum absolute atomic E-state index is 0.257. The number of nitrogens with one attached hydrogen (secondary N) is 1. The maximum absolute atomic E-state index is 14.3. The van der Waals surface area contributed by atoms with Crippen molar-refractivity contribution in [3.8, 4) is 16.9 Å². The first-order chi connectivity index (χ1) is 14.4. The van der Waals surface area contributed by atoms with Crippen LogP contribution in [0.15, 0.2) is 66.0 Å². The number of aliphatic imine (C=N–C) groups is 1. The number of rotatable bonds is 7. The van der Waals surface area contributed by atoms with Crippen LogP contribution in [0.5, 0.6) is 5.75 Å².